The second-order valence-corrected chi connectivity index (χ2v) is 4.85. The third kappa shape index (κ3) is 3.07. The molecule has 3 nitrogen and oxygen atoms in total. The van der Waals surface area contributed by atoms with Gasteiger partial charge in [-0.1, -0.05) is 12.5 Å². The van der Waals surface area contributed by atoms with E-state index in [1.165, 1.54) is 18.2 Å². The van der Waals surface area contributed by atoms with Crippen molar-refractivity contribution in [1.82, 2.24) is 5.32 Å². The molecule has 2 rings (SSSR count). The Kier molecular flexibility index (Phi) is 4.31. The minimum Gasteiger partial charge on any atom is -0.396 e. The van der Waals surface area contributed by atoms with Gasteiger partial charge in [-0.3, -0.25) is 4.79 Å². The number of carbonyl (C=O) groups is 1. The molecule has 2 N–H and O–H groups in total. The van der Waals surface area contributed by atoms with Crippen LogP contribution in [0, 0.1) is 17.7 Å². The SMILES string of the molecule is O=C(NCC1CCCC1CO)c1cccc(F)c1. The lowest BCUT2D eigenvalue weighted by molar-refractivity contribution is 0.0937. The third-order valence-electron chi connectivity index (χ3n) is 3.66. The molecule has 0 saturated heterocycles. The Labute approximate surface area is 106 Å². The molecule has 1 fully saturated rings. The van der Waals surface area contributed by atoms with E-state index in [2.05, 4.69) is 5.32 Å². The number of rotatable bonds is 4. The molecule has 1 aliphatic carbocycles. The molecule has 1 aromatic carbocycles. The lowest BCUT2D eigenvalue weighted by Gasteiger charge is -2.17. The molecule has 2 atom stereocenters. The van der Waals surface area contributed by atoms with Gasteiger partial charge in [0.25, 0.3) is 5.91 Å². The molecule has 1 aromatic rings. The molecule has 4 heteroatoms. The van der Waals surface area contributed by atoms with Gasteiger partial charge in [0.1, 0.15) is 5.82 Å². The van der Waals surface area contributed by atoms with Gasteiger partial charge in [0.15, 0.2) is 0 Å². The fourth-order valence-electron chi connectivity index (χ4n) is 2.58. The van der Waals surface area contributed by atoms with Crippen LogP contribution in [0.3, 0.4) is 0 Å². The molecule has 0 heterocycles. The summed E-state index contributed by atoms with van der Waals surface area (Å²) in [5.41, 5.74) is 0.341. The highest BCUT2D eigenvalue weighted by molar-refractivity contribution is 5.94. The lowest BCUT2D eigenvalue weighted by Crippen LogP contribution is -2.31. The normalized spacial score (nSPS) is 23.0. The first-order chi connectivity index (χ1) is 8.70. The van der Waals surface area contributed by atoms with E-state index in [-0.39, 0.29) is 18.4 Å². The molecule has 0 aliphatic heterocycles. The van der Waals surface area contributed by atoms with Gasteiger partial charge in [0, 0.05) is 18.7 Å². The van der Waals surface area contributed by atoms with E-state index in [1.807, 2.05) is 0 Å². The van der Waals surface area contributed by atoms with Crippen LogP contribution in [0.15, 0.2) is 24.3 Å². The number of nitrogens with one attached hydrogen (secondary N) is 1. The van der Waals surface area contributed by atoms with Crippen LogP contribution in [0.2, 0.25) is 0 Å². The predicted octanol–water partition coefficient (Wildman–Crippen LogP) is 1.96. The van der Waals surface area contributed by atoms with Gasteiger partial charge in [-0.05, 0) is 42.9 Å². The van der Waals surface area contributed by atoms with Gasteiger partial charge < -0.3 is 10.4 Å². The number of hydrogen-bond donors (Lipinski definition) is 2. The zero-order valence-electron chi connectivity index (χ0n) is 10.2. The molecule has 2 unspecified atom stereocenters. The Morgan fingerprint density at radius 1 is 1.39 bits per heavy atom. The third-order valence-corrected chi connectivity index (χ3v) is 3.66. The van der Waals surface area contributed by atoms with E-state index in [0.29, 0.717) is 18.0 Å². The highest BCUT2D eigenvalue weighted by Crippen LogP contribution is 2.30. The molecular weight excluding hydrogens is 233 g/mol. The zero-order chi connectivity index (χ0) is 13.0. The van der Waals surface area contributed by atoms with Crippen molar-refractivity contribution in [2.45, 2.75) is 19.3 Å². The highest BCUT2D eigenvalue weighted by atomic mass is 19.1. The molecular formula is C14H18FNO2. The van der Waals surface area contributed by atoms with E-state index in [0.717, 1.165) is 19.3 Å². The van der Waals surface area contributed by atoms with Crippen molar-refractivity contribution < 1.29 is 14.3 Å². The predicted molar refractivity (Wildman–Crippen MR) is 66.7 cm³/mol. The summed E-state index contributed by atoms with van der Waals surface area (Å²) < 4.78 is 13.0. The van der Waals surface area contributed by atoms with Crippen molar-refractivity contribution in [3.63, 3.8) is 0 Å². The van der Waals surface area contributed by atoms with Crippen LogP contribution in [-0.2, 0) is 0 Å². The topological polar surface area (TPSA) is 49.3 Å². The first-order valence-corrected chi connectivity index (χ1v) is 6.35. The van der Waals surface area contributed by atoms with E-state index >= 15 is 0 Å². The van der Waals surface area contributed by atoms with Crippen LogP contribution in [0.25, 0.3) is 0 Å². The van der Waals surface area contributed by atoms with Crippen molar-refractivity contribution in [2.24, 2.45) is 11.8 Å². The molecule has 0 aromatic heterocycles. The summed E-state index contributed by atoms with van der Waals surface area (Å²) >= 11 is 0. The molecule has 18 heavy (non-hydrogen) atoms. The summed E-state index contributed by atoms with van der Waals surface area (Å²) in [7, 11) is 0. The van der Waals surface area contributed by atoms with Gasteiger partial charge in [0.05, 0.1) is 0 Å². The summed E-state index contributed by atoms with van der Waals surface area (Å²) in [4.78, 5) is 11.8. The Morgan fingerprint density at radius 2 is 2.17 bits per heavy atom. The number of aliphatic hydroxyl groups excluding tert-OH is 1. The Bertz CT molecular complexity index is 422. The van der Waals surface area contributed by atoms with Crippen molar-refractivity contribution in [3.8, 4) is 0 Å². The number of hydrogen-bond acceptors (Lipinski definition) is 2. The molecule has 1 aliphatic rings. The first kappa shape index (κ1) is 13.0. The standard InChI is InChI=1S/C14H18FNO2/c15-13-6-2-3-10(7-13)14(18)16-8-11-4-1-5-12(11)9-17/h2-3,6-7,11-12,17H,1,4-5,8-9H2,(H,16,18). The van der Waals surface area contributed by atoms with Crippen LogP contribution < -0.4 is 5.32 Å². The molecule has 0 radical (unpaired) electrons. The van der Waals surface area contributed by atoms with Crippen LogP contribution in [0.1, 0.15) is 29.6 Å². The van der Waals surface area contributed by atoms with Gasteiger partial charge in [-0.25, -0.2) is 4.39 Å². The van der Waals surface area contributed by atoms with Gasteiger partial charge in [-0.2, -0.15) is 0 Å². The van der Waals surface area contributed by atoms with Crippen LogP contribution in [0.5, 0.6) is 0 Å². The highest BCUT2D eigenvalue weighted by Gasteiger charge is 2.26. The number of benzene rings is 1. The lowest BCUT2D eigenvalue weighted by atomic mass is 9.97. The van der Waals surface area contributed by atoms with Crippen LogP contribution in [-0.4, -0.2) is 24.2 Å². The number of halogens is 1. The Balaban J connectivity index is 1.88. The number of carbonyl (C=O) groups excluding carboxylic acids is 1. The summed E-state index contributed by atoms with van der Waals surface area (Å²) in [5.74, 6) is -0.0276. The van der Waals surface area contributed by atoms with Crippen molar-refractivity contribution in [2.75, 3.05) is 13.2 Å². The average Bonchev–Trinajstić information content (AvgIpc) is 2.83. The second-order valence-electron chi connectivity index (χ2n) is 4.85. The van der Waals surface area contributed by atoms with Gasteiger partial charge in [0.2, 0.25) is 0 Å². The quantitative estimate of drug-likeness (QED) is 0.859. The molecule has 0 spiro atoms. The minimum atomic E-state index is -0.406. The number of amides is 1. The summed E-state index contributed by atoms with van der Waals surface area (Å²) in [6.07, 6.45) is 3.16. The largest absolute Gasteiger partial charge is 0.396 e. The van der Waals surface area contributed by atoms with Gasteiger partial charge in [-0.15, -0.1) is 0 Å². The maximum absolute atomic E-state index is 13.0. The summed E-state index contributed by atoms with van der Waals surface area (Å²) in [6, 6.07) is 5.66. The molecule has 1 amide bonds. The zero-order valence-corrected chi connectivity index (χ0v) is 10.2. The maximum atomic E-state index is 13.0. The summed E-state index contributed by atoms with van der Waals surface area (Å²) in [5, 5.41) is 12.0. The Morgan fingerprint density at radius 3 is 2.89 bits per heavy atom. The second kappa shape index (κ2) is 5.96. The van der Waals surface area contributed by atoms with E-state index in [9.17, 15) is 14.3 Å². The number of aliphatic hydroxyl groups is 1. The smallest absolute Gasteiger partial charge is 0.251 e. The van der Waals surface area contributed by atoms with Crippen molar-refractivity contribution >= 4 is 5.91 Å². The molecule has 1 saturated carbocycles. The maximum Gasteiger partial charge on any atom is 0.251 e. The van der Waals surface area contributed by atoms with Crippen LogP contribution >= 0.6 is 0 Å². The Hall–Kier alpha value is -1.42. The van der Waals surface area contributed by atoms with E-state index in [4.69, 9.17) is 0 Å². The fraction of sp³-hybridized carbons (Fsp3) is 0.500. The van der Waals surface area contributed by atoms with Crippen molar-refractivity contribution in [3.05, 3.63) is 35.6 Å². The van der Waals surface area contributed by atoms with Crippen molar-refractivity contribution in [1.29, 1.82) is 0 Å². The van der Waals surface area contributed by atoms with E-state index < -0.39 is 5.82 Å². The summed E-state index contributed by atoms with van der Waals surface area (Å²) in [6.45, 7) is 0.737. The van der Waals surface area contributed by atoms with Crippen LogP contribution in [0.4, 0.5) is 4.39 Å². The van der Waals surface area contributed by atoms with Gasteiger partial charge >= 0.3 is 0 Å². The monoisotopic (exact) mass is 251 g/mol. The fourth-order valence-corrected chi connectivity index (χ4v) is 2.58. The molecule has 98 valence electrons. The minimum absolute atomic E-state index is 0.181. The average molecular weight is 251 g/mol. The van der Waals surface area contributed by atoms with E-state index in [1.54, 1.807) is 6.07 Å². The first-order valence-electron chi connectivity index (χ1n) is 6.35. The molecule has 0 bridgehead atoms.